The lowest BCUT2D eigenvalue weighted by atomic mass is 10.2. The van der Waals surface area contributed by atoms with Gasteiger partial charge in [-0.3, -0.25) is 15.1 Å². The zero-order chi connectivity index (χ0) is 17.6. The van der Waals surface area contributed by atoms with E-state index in [1.165, 1.54) is 30.5 Å². The average molecular weight is 349 g/mol. The molecule has 0 bridgehead atoms. The van der Waals surface area contributed by atoms with Crippen molar-refractivity contribution in [3.05, 3.63) is 64.2 Å². The largest absolute Gasteiger partial charge is 0.507 e. The highest BCUT2D eigenvalue weighted by molar-refractivity contribution is 7.89. The first-order chi connectivity index (χ1) is 11.4. The van der Waals surface area contributed by atoms with Crippen LogP contribution in [-0.4, -0.2) is 37.8 Å². The first-order valence-electron chi connectivity index (χ1n) is 6.93. The number of aromatic hydroxyl groups is 1. The van der Waals surface area contributed by atoms with Crippen molar-refractivity contribution in [3.8, 4) is 5.75 Å². The lowest BCUT2D eigenvalue weighted by Gasteiger charge is -2.05. The van der Waals surface area contributed by atoms with Crippen molar-refractivity contribution in [2.45, 2.75) is 4.90 Å². The number of rotatable bonds is 7. The SMILES string of the molecule is O=[N+]([O-])c1ccccc1S(=O)(=O)NCCN=Cc1ccccc1O. The van der Waals surface area contributed by atoms with E-state index in [2.05, 4.69) is 9.71 Å². The predicted octanol–water partition coefficient (Wildman–Crippen LogP) is 1.70. The quantitative estimate of drug-likeness (QED) is 0.341. The molecule has 0 saturated heterocycles. The Bertz CT molecular complexity index is 865. The van der Waals surface area contributed by atoms with Crippen LogP contribution >= 0.6 is 0 Å². The van der Waals surface area contributed by atoms with Gasteiger partial charge >= 0.3 is 0 Å². The van der Waals surface area contributed by atoms with Crippen LogP contribution in [0.3, 0.4) is 0 Å². The number of sulfonamides is 1. The van der Waals surface area contributed by atoms with Gasteiger partial charge in [-0.05, 0) is 18.2 Å². The van der Waals surface area contributed by atoms with Gasteiger partial charge in [-0.25, -0.2) is 13.1 Å². The smallest absolute Gasteiger partial charge is 0.289 e. The molecule has 126 valence electrons. The van der Waals surface area contributed by atoms with Crippen molar-refractivity contribution in [3.63, 3.8) is 0 Å². The first kappa shape index (κ1) is 17.6. The molecule has 0 aliphatic heterocycles. The molecule has 8 nitrogen and oxygen atoms in total. The number of benzene rings is 2. The van der Waals surface area contributed by atoms with Gasteiger partial charge < -0.3 is 5.11 Å². The average Bonchev–Trinajstić information content (AvgIpc) is 2.56. The van der Waals surface area contributed by atoms with E-state index in [9.17, 15) is 23.6 Å². The van der Waals surface area contributed by atoms with Crippen molar-refractivity contribution in [1.29, 1.82) is 0 Å². The summed E-state index contributed by atoms with van der Waals surface area (Å²) in [5.41, 5.74) is 0.0294. The molecule has 0 amide bonds. The molecule has 2 aromatic carbocycles. The second-order valence-corrected chi connectivity index (χ2v) is 6.45. The van der Waals surface area contributed by atoms with Crippen LogP contribution in [0.2, 0.25) is 0 Å². The Labute approximate surface area is 138 Å². The second-order valence-electron chi connectivity index (χ2n) is 4.72. The maximum absolute atomic E-state index is 12.1. The van der Waals surface area contributed by atoms with Crippen molar-refractivity contribution < 1.29 is 18.4 Å². The van der Waals surface area contributed by atoms with Gasteiger partial charge in [-0.15, -0.1) is 0 Å². The van der Waals surface area contributed by atoms with Crippen LogP contribution in [0.15, 0.2) is 58.4 Å². The molecule has 2 N–H and O–H groups in total. The van der Waals surface area contributed by atoms with E-state index in [-0.39, 0.29) is 23.7 Å². The molecule has 9 heteroatoms. The Morgan fingerprint density at radius 1 is 1.17 bits per heavy atom. The number of nitrogens with one attached hydrogen (secondary N) is 1. The third kappa shape index (κ3) is 4.37. The highest BCUT2D eigenvalue weighted by atomic mass is 32.2. The molecule has 0 saturated carbocycles. The fraction of sp³-hybridized carbons (Fsp3) is 0.133. The van der Waals surface area contributed by atoms with Gasteiger partial charge in [0.05, 0.1) is 11.5 Å². The molecule has 0 heterocycles. The summed E-state index contributed by atoms with van der Waals surface area (Å²) < 4.78 is 26.5. The summed E-state index contributed by atoms with van der Waals surface area (Å²) in [4.78, 5) is 13.8. The summed E-state index contributed by atoms with van der Waals surface area (Å²) in [5, 5.41) is 20.5. The molecule has 0 aliphatic carbocycles. The maximum Gasteiger partial charge on any atom is 0.289 e. The van der Waals surface area contributed by atoms with Crippen LogP contribution in [0.1, 0.15) is 5.56 Å². The molecular weight excluding hydrogens is 334 g/mol. The number of phenolic OH excluding ortho intramolecular Hbond substituents is 1. The van der Waals surface area contributed by atoms with Crippen LogP contribution in [0.25, 0.3) is 0 Å². The monoisotopic (exact) mass is 349 g/mol. The zero-order valence-electron chi connectivity index (χ0n) is 12.5. The number of nitro benzene ring substituents is 1. The van der Waals surface area contributed by atoms with Crippen LogP contribution < -0.4 is 4.72 Å². The standard InChI is InChI=1S/C15H15N3O5S/c19-14-7-3-1-5-12(14)11-16-9-10-17-24(22,23)15-8-4-2-6-13(15)18(20)21/h1-8,11,17,19H,9-10H2. The molecular formula is C15H15N3O5S. The van der Waals surface area contributed by atoms with Gasteiger partial charge in [-0.1, -0.05) is 24.3 Å². The zero-order valence-corrected chi connectivity index (χ0v) is 13.3. The number of para-hydroxylation sites is 2. The van der Waals surface area contributed by atoms with Crippen LogP contribution in [0.4, 0.5) is 5.69 Å². The number of hydrogen-bond donors (Lipinski definition) is 2. The lowest BCUT2D eigenvalue weighted by Crippen LogP contribution is -2.27. The third-order valence-electron chi connectivity index (χ3n) is 3.05. The van der Waals surface area contributed by atoms with E-state index < -0.39 is 20.6 Å². The van der Waals surface area contributed by atoms with E-state index in [0.717, 1.165) is 6.07 Å². The molecule has 2 rings (SSSR count). The van der Waals surface area contributed by atoms with Crippen LogP contribution in [-0.2, 0) is 10.0 Å². The molecule has 0 fully saturated rings. The molecule has 24 heavy (non-hydrogen) atoms. The predicted molar refractivity (Wildman–Crippen MR) is 88.9 cm³/mol. The normalized spacial score (nSPS) is 11.7. The minimum absolute atomic E-state index is 0.0293. The van der Waals surface area contributed by atoms with E-state index in [1.807, 2.05) is 0 Å². The summed E-state index contributed by atoms with van der Waals surface area (Å²) in [6, 6.07) is 11.7. The Morgan fingerprint density at radius 2 is 1.83 bits per heavy atom. The summed E-state index contributed by atoms with van der Waals surface area (Å²) in [6.45, 7) is 0.0900. The third-order valence-corrected chi connectivity index (χ3v) is 4.56. The Kier molecular flexibility index (Phi) is 5.61. The summed E-state index contributed by atoms with van der Waals surface area (Å²) >= 11 is 0. The van der Waals surface area contributed by atoms with Crippen LogP contribution in [0, 0.1) is 10.1 Å². The number of phenols is 1. The molecule has 0 atom stereocenters. The fourth-order valence-electron chi connectivity index (χ4n) is 1.92. The maximum atomic E-state index is 12.1. The first-order valence-corrected chi connectivity index (χ1v) is 8.41. The highest BCUT2D eigenvalue weighted by Crippen LogP contribution is 2.22. The molecule has 0 spiro atoms. The topological polar surface area (TPSA) is 122 Å². The van der Waals surface area contributed by atoms with Crippen molar-refractivity contribution in [1.82, 2.24) is 4.72 Å². The molecule has 0 unspecified atom stereocenters. The van der Waals surface area contributed by atoms with E-state index in [1.54, 1.807) is 18.2 Å². The van der Waals surface area contributed by atoms with E-state index >= 15 is 0 Å². The van der Waals surface area contributed by atoms with Crippen molar-refractivity contribution in [2.75, 3.05) is 13.1 Å². The Morgan fingerprint density at radius 3 is 2.54 bits per heavy atom. The number of aliphatic imine (C=N–C) groups is 1. The van der Waals surface area contributed by atoms with Gasteiger partial charge in [0.2, 0.25) is 10.0 Å². The van der Waals surface area contributed by atoms with E-state index in [0.29, 0.717) is 5.56 Å². The summed E-state index contributed by atoms with van der Waals surface area (Å²) in [6.07, 6.45) is 1.43. The van der Waals surface area contributed by atoms with Gasteiger partial charge in [-0.2, -0.15) is 0 Å². The van der Waals surface area contributed by atoms with Crippen molar-refractivity contribution in [2.24, 2.45) is 4.99 Å². The molecule has 0 aliphatic rings. The van der Waals surface area contributed by atoms with Gasteiger partial charge in [0.1, 0.15) is 5.75 Å². The summed E-state index contributed by atoms with van der Waals surface area (Å²) in [5.74, 6) is 0.0711. The van der Waals surface area contributed by atoms with Crippen LogP contribution in [0.5, 0.6) is 5.75 Å². The number of nitro groups is 1. The van der Waals surface area contributed by atoms with Crippen molar-refractivity contribution >= 4 is 21.9 Å². The summed E-state index contributed by atoms with van der Waals surface area (Å²) in [7, 11) is -4.00. The Hall–Kier alpha value is -2.78. The number of nitrogens with zero attached hydrogens (tertiary/aromatic N) is 2. The van der Waals surface area contributed by atoms with Gasteiger partial charge in [0.25, 0.3) is 5.69 Å². The Balaban J connectivity index is 1.99. The van der Waals surface area contributed by atoms with E-state index in [4.69, 9.17) is 0 Å². The van der Waals surface area contributed by atoms with Gasteiger partial charge in [0.15, 0.2) is 4.90 Å². The minimum atomic E-state index is -4.00. The highest BCUT2D eigenvalue weighted by Gasteiger charge is 2.24. The second kappa shape index (κ2) is 7.66. The molecule has 2 aromatic rings. The minimum Gasteiger partial charge on any atom is -0.507 e. The fourth-order valence-corrected chi connectivity index (χ4v) is 3.11. The molecule has 0 aromatic heterocycles. The lowest BCUT2D eigenvalue weighted by molar-refractivity contribution is -0.387. The van der Waals surface area contributed by atoms with Gasteiger partial charge in [0, 0.05) is 24.4 Å². The number of hydrogen-bond acceptors (Lipinski definition) is 6. The molecule has 0 radical (unpaired) electrons.